The number of aryl methyl sites for hydroxylation is 2. The van der Waals surface area contributed by atoms with Crippen molar-refractivity contribution in [2.24, 2.45) is 13.0 Å². The lowest BCUT2D eigenvalue weighted by Crippen LogP contribution is -2.18. The number of ether oxygens (including phenoxy) is 2. The summed E-state index contributed by atoms with van der Waals surface area (Å²) < 4.78 is 13.0. The predicted molar refractivity (Wildman–Crippen MR) is 142 cm³/mol. The van der Waals surface area contributed by atoms with Crippen LogP contribution in [0, 0.1) is 19.8 Å². The number of thiophene rings is 1. The summed E-state index contributed by atoms with van der Waals surface area (Å²) in [5.74, 6) is 1.59. The highest BCUT2D eigenvalue weighted by molar-refractivity contribution is 7.99. The van der Waals surface area contributed by atoms with Gasteiger partial charge in [-0.15, -0.1) is 21.5 Å². The first kappa shape index (κ1) is 26.2. The van der Waals surface area contributed by atoms with Gasteiger partial charge in [-0.05, 0) is 74.8 Å². The Balaban J connectivity index is 1.38. The summed E-state index contributed by atoms with van der Waals surface area (Å²) >= 11 is 2.78. The van der Waals surface area contributed by atoms with Gasteiger partial charge in [0.2, 0.25) is 5.91 Å². The zero-order valence-electron chi connectivity index (χ0n) is 21.3. The topological polar surface area (TPSA) is 95.3 Å². The molecule has 1 unspecified atom stereocenters. The smallest absolute Gasteiger partial charge is 0.341 e. The first-order chi connectivity index (χ1) is 17.3. The Morgan fingerprint density at radius 1 is 1.25 bits per heavy atom. The van der Waals surface area contributed by atoms with E-state index in [-0.39, 0.29) is 24.2 Å². The van der Waals surface area contributed by atoms with Gasteiger partial charge in [0.25, 0.3) is 0 Å². The van der Waals surface area contributed by atoms with E-state index in [2.05, 4.69) is 29.4 Å². The molecule has 10 heteroatoms. The number of nitrogens with zero attached hydrogens (tertiary/aromatic N) is 3. The molecule has 0 radical (unpaired) electrons. The molecule has 36 heavy (non-hydrogen) atoms. The second kappa shape index (κ2) is 11.5. The lowest BCUT2D eigenvalue weighted by molar-refractivity contribution is -0.113. The van der Waals surface area contributed by atoms with Gasteiger partial charge in [0.1, 0.15) is 17.4 Å². The molecule has 0 bridgehead atoms. The fourth-order valence-corrected chi connectivity index (χ4v) is 6.24. The molecule has 4 rings (SSSR count). The summed E-state index contributed by atoms with van der Waals surface area (Å²) in [7, 11) is 1.85. The SMILES string of the molecule is CCOC(=O)c1c(NC(=O)CSc2nnc(COc3ccc(C)c(C)c3)n2C)sc2c1CCC(C)C2. The van der Waals surface area contributed by atoms with Crippen LogP contribution in [0.25, 0.3) is 0 Å². The molecule has 1 aliphatic rings. The number of fused-ring (bicyclic) bond motifs is 1. The van der Waals surface area contributed by atoms with E-state index in [1.165, 1.54) is 39.1 Å². The van der Waals surface area contributed by atoms with E-state index in [1.54, 1.807) is 6.92 Å². The van der Waals surface area contributed by atoms with Gasteiger partial charge in [-0.25, -0.2) is 4.79 Å². The van der Waals surface area contributed by atoms with Gasteiger partial charge in [0.15, 0.2) is 11.0 Å². The first-order valence-electron chi connectivity index (χ1n) is 12.1. The molecule has 0 fully saturated rings. The molecule has 0 spiro atoms. The molecule has 0 saturated carbocycles. The lowest BCUT2D eigenvalue weighted by atomic mass is 9.88. The van der Waals surface area contributed by atoms with Crippen molar-refractivity contribution in [2.75, 3.05) is 17.7 Å². The maximum absolute atomic E-state index is 12.8. The summed E-state index contributed by atoms with van der Waals surface area (Å²) in [6.07, 6.45) is 2.78. The summed E-state index contributed by atoms with van der Waals surface area (Å²) in [5.41, 5.74) is 3.93. The number of esters is 1. The molecule has 0 aliphatic heterocycles. The highest BCUT2D eigenvalue weighted by Crippen LogP contribution is 2.40. The number of nitrogens with one attached hydrogen (secondary N) is 1. The minimum atomic E-state index is -0.366. The number of carbonyl (C=O) groups excluding carboxylic acids is 2. The van der Waals surface area contributed by atoms with Crippen molar-refractivity contribution in [1.29, 1.82) is 0 Å². The first-order valence-corrected chi connectivity index (χ1v) is 13.9. The minimum absolute atomic E-state index is 0.144. The van der Waals surface area contributed by atoms with Crippen LogP contribution in [0.5, 0.6) is 5.75 Å². The van der Waals surface area contributed by atoms with Gasteiger partial charge >= 0.3 is 5.97 Å². The third-order valence-electron chi connectivity index (χ3n) is 6.35. The van der Waals surface area contributed by atoms with Crippen LogP contribution in [0.1, 0.15) is 58.0 Å². The van der Waals surface area contributed by atoms with Crippen LogP contribution < -0.4 is 10.1 Å². The van der Waals surface area contributed by atoms with E-state index in [0.717, 1.165) is 30.6 Å². The Morgan fingerprint density at radius 3 is 2.81 bits per heavy atom. The molecule has 8 nitrogen and oxygen atoms in total. The molecule has 0 saturated heterocycles. The van der Waals surface area contributed by atoms with Crippen molar-refractivity contribution in [1.82, 2.24) is 14.8 Å². The Labute approximate surface area is 219 Å². The monoisotopic (exact) mass is 528 g/mol. The number of amides is 1. The second-order valence-electron chi connectivity index (χ2n) is 9.11. The molecule has 1 atom stereocenters. The summed E-state index contributed by atoms with van der Waals surface area (Å²) in [6, 6.07) is 5.96. The van der Waals surface area contributed by atoms with E-state index in [4.69, 9.17) is 9.47 Å². The van der Waals surface area contributed by atoms with Gasteiger partial charge in [-0.1, -0.05) is 24.8 Å². The highest BCUT2D eigenvalue weighted by atomic mass is 32.2. The van der Waals surface area contributed by atoms with E-state index in [9.17, 15) is 9.59 Å². The maximum Gasteiger partial charge on any atom is 0.341 e. The average molecular weight is 529 g/mol. The molecular weight excluding hydrogens is 496 g/mol. The molecule has 2 heterocycles. The Morgan fingerprint density at radius 2 is 2.06 bits per heavy atom. The number of thioether (sulfide) groups is 1. The van der Waals surface area contributed by atoms with Crippen LogP contribution in [0.3, 0.4) is 0 Å². The van der Waals surface area contributed by atoms with Crippen molar-refractivity contribution < 1.29 is 19.1 Å². The van der Waals surface area contributed by atoms with Gasteiger partial charge in [0, 0.05) is 11.9 Å². The maximum atomic E-state index is 12.8. The lowest BCUT2D eigenvalue weighted by Gasteiger charge is -2.18. The van der Waals surface area contributed by atoms with Crippen LogP contribution in [0.2, 0.25) is 0 Å². The quantitative estimate of drug-likeness (QED) is 0.305. The minimum Gasteiger partial charge on any atom is -0.486 e. The second-order valence-corrected chi connectivity index (χ2v) is 11.2. The third-order valence-corrected chi connectivity index (χ3v) is 8.54. The third kappa shape index (κ3) is 5.92. The zero-order chi connectivity index (χ0) is 25.8. The van der Waals surface area contributed by atoms with E-state index in [0.29, 0.717) is 34.1 Å². The van der Waals surface area contributed by atoms with Crippen LogP contribution in [-0.2, 0) is 36.0 Å². The normalized spacial score (nSPS) is 14.9. The Hall–Kier alpha value is -2.85. The van der Waals surface area contributed by atoms with Crippen LogP contribution in [0.4, 0.5) is 5.00 Å². The van der Waals surface area contributed by atoms with Gasteiger partial charge in [0.05, 0.1) is 17.9 Å². The largest absolute Gasteiger partial charge is 0.486 e. The standard InChI is InChI=1S/C26H32N4O4S2/c1-6-33-25(32)23-19-10-7-15(2)11-20(19)36-24(23)27-22(31)14-35-26-29-28-21(30(26)5)13-34-18-9-8-16(3)17(4)12-18/h8-9,12,15H,6-7,10-11,13-14H2,1-5H3,(H,27,31). The predicted octanol–water partition coefficient (Wildman–Crippen LogP) is 5.10. The van der Waals surface area contributed by atoms with Crippen LogP contribution in [0.15, 0.2) is 23.4 Å². The van der Waals surface area contributed by atoms with Gasteiger partial charge in [-0.2, -0.15) is 0 Å². The summed E-state index contributed by atoms with van der Waals surface area (Å²) in [4.78, 5) is 26.7. The molecule has 3 aromatic rings. The molecule has 1 amide bonds. The van der Waals surface area contributed by atoms with Gasteiger partial charge < -0.3 is 19.4 Å². The number of anilines is 1. The van der Waals surface area contributed by atoms with Crippen LogP contribution in [-0.4, -0.2) is 39.0 Å². The fraction of sp³-hybridized carbons (Fsp3) is 0.462. The number of aromatic nitrogens is 3. The highest BCUT2D eigenvalue weighted by Gasteiger charge is 2.29. The Kier molecular flexibility index (Phi) is 8.35. The number of hydrogen-bond acceptors (Lipinski definition) is 8. The van der Waals surface area contributed by atoms with Crippen molar-refractivity contribution in [3.63, 3.8) is 0 Å². The summed E-state index contributed by atoms with van der Waals surface area (Å²) in [6.45, 7) is 8.68. The van der Waals surface area contributed by atoms with E-state index < -0.39 is 0 Å². The van der Waals surface area contributed by atoms with Gasteiger partial charge in [-0.3, -0.25) is 4.79 Å². The fourth-order valence-electron chi connectivity index (χ4n) is 4.10. The summed E-state index contributed by atoms with van der Waals surface area (Å²) in [5, 5.41) is 12.6. The van der Waals surface area contributed by atoms with Crippen LogP contribution >= 0.6 is 23.1 Å². The number of rotatable bonds is 9. The zero-order valence-corrected chi connectivity index (χ0v) is 23.0. The van der Waals surface area contributed by atoms with E-state index >= 15 is 0 Å². The van der Waals surface area contributed by atoms with Crippen molar-refractivity contribution >= 4 is 40.0 Å². The molecule has 1 aliphatic carbocycles. The molecule has 2 aromatic heterocycles. The number of benzene rings is 1. The van der Waals surface area contributed by atoms with Crippen molar-refractivity contribution in [3.8, 4) is 5.75 Å². The van der Waals surface area contributed by atoms with Crippen molar-refractivity contribution in [2.45, 2.75) is 58.7 Å². The van der Waals surface area contributed by atoms with Crippen molar-refractivity contribution in [3.05, 3.63) is 51.2 Å². The number of carbonyl (C=O) groups is 2. The van der Waals surface area contributed by atoms with E-state index in [1.807, 2.05) is 36.7 Å². The molecule has 1 aromatic carbocycles. The Bertz CT molecular complexity index is 1270. The average Bonchev–Trinajstić information content (AvgIpc) is 3.37. The number of hydrogen-bond donors (Lipinski definition) is 1. The molecule has 192 valence electrons. The molecular formula is C26H32N4O4S2. The molecule has 1 N–H and O–H groups in total.